The number of hydrogen-bond acceptors (Lipinski definition) is 6. The molecule has 1 aliphatic rings. The van der Waals surface area contributed by atoms with E-state index in [1.54, 1.807) is 24.0 Å². The lowest BCUT2D eigenvalue weighted by atomic mass is 9.78. The molecule has 0 atom stereocenters. The first-order valence-corrected chi connectivity index (χ1v) is 10.1. The summed E-state index contributed by atoms with van der Waals surface area (Å²) in [6.45, 7) is 10.4. The molecule has 9 heteroatoms. The number of carbonyl (C=O) groups is 1. The van der Waals surface area contributed by atoms with Crippen molar-refractivity contribution in [2.45, 2.75) is 52.4 Å². The number of fused-ring (bicyclic) bond motifs is 1. The van der Waals surface area contributed by atoms with Crippen LogP contribution in [0, 0.1) is 0 Å². The minimum Gasteiger partial charge on any atom is -0.465 e. The van der Waals surface area contributed by atoms with Crippen LogP contribution in [0.15, 0.2) is 30.6 Å². The molecule has 1 saturated heterocycles. The van der Waals surface area contributed by atoms with Crippen molar-refractivity contribution in [3.63, 3.8) is 0 Å². The Morgan fingerprint density at radius 2 is 1.90 bits per heavy atom. The summed E-state index contributed by atoms with van der Waals surface area (Å²) in [5.74, 6) is -0.318. The Morgan fingerprint density at radius 1 is 1.20 bits per heavy atom. The first kappa shape index (κ1) is 20.6. The van der Waals surface area contributed by atoms with Crippen LogP contribution >= 0.6 is 0 Å². The normalized spacial score (nSPS) is 17.6. The first-order chi connectivity index (χ1) is 14.1. The molecular weight excluding hydrogens is 383 g/mol. The summed E-state index contributed by atoms with van der Waals surface area (Å²) < 4.78 is 20.8. The number of carbonyl (C=O) groups excluding carboxylic acids is 1. The van der Waals surface area contributed by atoms with Crippen molar-refractivity contribution in [1.82, 2.24) is 19.6 Å². The Morgan fingerprint density at radius 3 is 2.57 bits per heavy atom. The van der Waals surface area contributed by atoms with Gasteiger partial charge >= 0.3 is 13.1 Å². The lowest BCUT2D eigenvalue weighted by molar-refractivity contribution is -0.144. The van der Waals surface area contributed by atoms with E-state index in [9.17, 15) is 4.79 Å². The number of ether oxygens (including phenoxy) is 1. The smallest absolute Gasteiger partial charge is 0.465 e. The third-order valence-corrected chi connectivity index (χ3v) is 5.90. The third-order valence-electron chi connectivity index (χ3n) is 5.90. The monoisotopic (exact) mass is 410 g/mol. The number of aromatic nitrogens is 4. The van der Waals surface area contributed by atoms with Crippen molar-refractivity contribution in [1.29, 1.82) is 0 Å². The van der Waals surface area contributed by atoms with Crippen molar-refractivity contribution < 1.29 is 18.8 Å². The number of benzene rings is 1. The Balaban J connectivity index is 1.68. The van der Waals surface area contributed by atoms with E-state index in [4.69, 9.17) is 14.0 Å². The highest BCUT2D eigenvalue weighted by Gasteiger charge is 2.51. The molecule has 4 rings (SSSR count). The van der Waals surface area contributed by atoms with Crippen molar-refractivity contribution in [3.05, 3.63) is 30.6 Å². The zero-order valence-corrected chi connectivity index (χ0v) is 18.3. The largest absolute Gasteiger partial charge is 0.494 e. The summed E-state index contributed by atoms with van der Waals surface area (Å²) in [7, 11) is 1.46. The number of nitrogens with zero attached hydrogens (tertiary/aromatic N) is 4. The van der Waals surface area contributed by atoms with Gasteiger partial charge in [-0.05, 0) is 46.1 Å². The van der Waals surface area contributed by atoms with Gasteiger partial charge in [-0.3, -0.25) is 14.2 Å². The van der Waals surface area contributed by atoms with Crippen molar-refractivity contribution in [2.75, 3.05) is 6.61 Å². The molecule has 3 aromatic rings. The van der Waals surface area contributed by atoms with E-state index in [2.05, 4.69) is 16.3 Å². The van der Waals surface area contributed by atoms with E-state index in [0.717, 1.165) is 27.6 Å². The minimum atomic E-state index is -0.445. The molecule has 158 valence electrons. The van der Waals surface area contributed by atoms with Crippen molar-refractivity contribution in [3.8, 4) is 11.3 Å². The average molecular weight is 410 g/mol. The second-order valence-corrected chi connectivity index (χ2v) is 8.57. The van der Waals surface area contributed by atoms with Gasteiger partial charge in [0.1, 0.15) is 12.2 Å². The maximum Gasteiger partial charge on any atom is 0.494 e. The number of aryl methyl sites for hydroxylation is 1. The van der Waals surface area contributed by atoms with Crippen molar-refractivity contribution in [2.24, 2.45) is 7.05 Å². The summed E-state index contributed by atoms with van der Waals surface area (Å²) in [6, 6.07) is 6.10. The molecule has 1 aromatic carbocycles. The van der Waals surface area contributed by atoms with E-state index in [-0.39, 0.29) is 12.5 Å². The van der Waals surface area contributed by atoms with E-state index in [0.29, 0.717) is 6.61 Å². The average Bonchev–Trinajstić information content (AvgIpc) is 3.30. The summed E-state index contributed by atoms with van der Waals surface area (Å²) in [6.07, 6.45) is 3.52. The Labute approximate surface area is 176 Å². The van der Waals surface area contributed by atoms with E-state index < -0.39 is 18.3 Å². The van der Waals surface area contributed by atoms with E-state index in [1.165, 1.54) is 0 Å². The van der Waals surface area contributed by atoms with Gasteiger partial charge in [0.15, 0.2) is 0 Å². The molecule has 0 radical (unpaired) electrons. The van der Waals surface area contributed by atoms with Crippen LogP contribution in [0.3, 0.4) is 0 Å². The predicted molar refractivity (Wildman–Crippen MR) is 114 cm³/mol. The quantitative estimate of drug-likeness (QED) is 0.475. The molecule has 30 heavy (non-hydrogen) atoms. The van der Waals surface area contributed by atoms with Gasteiger partial charge in [0.05, 0.1) is 29.5 Å². The van der Waals surface area contributed by atoms with Crippen LogP contribution in [-0.2, 0) is 32.4 Å². The summed E-state index contributed by atoms with van der Waals surface area (Å²) in [5.41, 5.74) is 2.74. The Kier molecular flexibility index (Phi) is 4.98. The van der Waals surface area contributed by atoms with Crippen LogP contribution in [0.4, 0.5) is 0 Å². The molecular formula is C21H27BN4O4. The molecule has 0 saturated carbocycles. The maximum atomic E-state index is 11.7. The van der Waals surface area contributed by atoms with Gasteiger partial charge in [-0.2, -0.15) is 10.2 Å². The highest BCUT2D eigenvalue weighted by molar-refractivity contribution is 6.62. The van der Waals surface area contributed by atoms with Gasteiger partial charge < -0.3 is 14.0 Å². The Hall–Kier alpha value is -2.65. The highest BCUT2D eigenvalue weighted by atomic mass is 16.7. The summed E-state index contributed by atoms with van der Waals surface area (Å²) in [5, 5.41) is 9.94. The number of esters is 1. The molecule has 0 amide bonds. The molecule has 0 bridgehead atoms. The first-order valence-electron chi connectivity index (χ1n) is 10.1. The fraction of sp³-hybridized carbons (Fsp3) is 0.476. The lowest BCUT2D eigenvalue weighted by Crippen LogP contribution is -2.41. The molecule has 2 aromatic heterocycles. The molecule has 0 N–H and O–H groups in total. The van der Waals surface area contributed by atoms with E-state index in [1.807, 2.05) is 51.6 Å². The van der Waals surface area contributed by atoms with Gasteiger partial charge in [-0.25, -0.2) is 0 Å². The van der Waals surface area contributed by atoms with Crippen LogP contribution in [0.25, 0.3) is 22.2 Å². The summed E-state index contributed by atoms with van der Waals surface area (Å²) in [4.78, 5) is 11.7. The maximum absolute atomic E-state index is 11.7. The fourth-order valence-corrected chi connectivity index (χ4v) is 3.53. The van der Waals surface area contributed by atoms with Gasteiger partial charge in [-0.1, -0.05) is 12.1 Å². The van der Waals surface area contributed by atoms with Gasteiger partial charge in [0, 0.05) is 24.2 Å². The van der Waals surface area contributed by atoms with Crippen LogP contribution in [0.5, 0.6) is 0 Å². The minimum absolute atomic E-state index is 0.0672. The fourth-order valence-electron chi connectivity index (χ4n) is 3.53. The number of hydrogen-bond donors (Lipinski definition) is 0. The molecule has 1 aliphatic heterocycles. The van der Waals surface area contributed by atoms with Crippen LogP contribution < -0.4 is 5.46 Å². The van der Waals surface area contributed by atoms with Crippen molar-refractivity contribution >= 4 is 29.5 Å². The molecule has 3 heterocycles. The lowest BCUT2D eigenvalue weighted by Gasteiger charge is -2.32. The zero-order chi connectivity index (χ0) is 21.7. The zero-order valence-electron chi connectivity index (χ0n) is 18.3. The van der Waals surface area contributed by atoms with E-state index >= 15 is 0 Å². The topological polar surface area (TPSA) is 80.4 Å². The Bertz CT molecular complexity index is 1090. The van der Waals surface area contributed by atoms with Crippen LogP contribution in [0.1, 0.15) is 34.6 Å². The molecule has 0 aliphatic carbocycles. The second-order valence-electron chi connectivity index (χ2n) is 8.57. The molecule has 1 fully saturated rings. The predicted octanol–water partition coefficient (Wildman–Crippen LogP) is 2.30. The third kappa shape index (κ3) is 3.52. The number of rotatable bonds is 5. The molecule has 8 nitrogen and oxygen atoms in total. The van der Waals surface area contributed by atoms with Crippen LogP contribution in [0.2, 0.25) is 0 Å². The molecule has 0 unspecified atom stereocenters. The summed E-state index contributed by atoms with van der Waals surface area (Å²) >= 11 is 0. The van der Waals surface area contributed by atoms with Crippen LogP contribution in [-0.4, -0.2) is 50.5 Å². The van der Waals surface area contributed by atoms with Gasteiger partial charge in [0.25, 0.3) is 0 Å². The second kappa shape index (κ2) is 7.25. The SMILES string of the molecule is CCOC(=O)Cn1cc(-c2nn(C)c3ccc(B4OC(C)(C)C(C)(C)O4)cc23)cn1. The molecule has 0 spiro atoms. The van der Waals surface area contributed by atoms with Gasteiger partial charge in [-0.15, -0.1) is 0 Å². The van der Waals surface area contributed by atoms with Gasteiger partial charge in [0.2, 0.25) is 0 Å². The highest BCUT2D eigenvalue weighted by Crippen LogP contribution is 2.37. The standard InChI is InChI=1S/C21H27BN4O4/c1-7-28-18(27)13-26-12-14(11-23-26)19-16-10-15(8-9-17(16)25(6)24-19)22-29-20(2,3)21(4,5)30-22/h8-12H,7,13H2,1-6H3.